The number of carbonyl (C=O) groups excluding carboxylic acids is 1. The van der Waals surface area contributed by atoms with Crippen LogP contribution in [0.3, 0.4) is 0 Å². The van der Waals surface area contributed by atoms with Crippen molar-refractivity contribution < 1.29 is 19.8 Å². The van der Waals surface area contributed by atoms with Crippen LogP contribution in [0.5, 0.6) is 0 Å². The number of carboxylic acid groups (broad SMARTS) is 1. The highest BCUT2D eigenvalue weighted by Gasteiger charge is 2.71. The lowest BCUT2D eigenvalue weighted by Crippen LogP contribution is -2.67. The van der Waals surface area contributed by atoms with Crippen LogP contribution < -0.4 is 0 Å². The molecule has 4 heteroatoms. The highest BCUT2D eigenvalue weighted by Crippen LogP contribution is 2.75. The number of rotatable bonds is 1. The smallest absolute Gasteiger partial charge is 0.312 e. The Morgan fingerprint density at radius 3 is 2.26 bits per heavy atom. The fraction of sp³-hybridized carbons (Fsp3) is 0.867. The molecule has 5 aliphatic carbocycles. The summed E-state index contributed by atoms with van der Waals surface area (Å²) in [6.45, 7) is 16.1. The summed E-state index contributed by atoms with van der Waals surface area (Å²) < 4.78 is 0. The SMILES string of the molecule is CC1(C)CC[C@@]2(C(=O)O)C(C1)C1=CCC3[C@@]4(C)CCC(=O)C(C)(C)C4CC[C@@]3(C)[C@]1(C)C[C@H]2O. The fourth-order valence-corrected chi connectivity index (χ4v) is 10.5. The molecule has 0 radical (unpaired) electrons. The van der Waals surface area contributed by atoms with E-state index in [9.17, 15) is 19.8 Å². The van der Waals surface area contributed by atoms with Gasteiger partial charge < -0.3 is 10.2 Å². The molecule has 34 heavy (non-hydrogen) atoms. The topological polar surface area (TPSA) is 74.6 Å². The minimum Gasteiger partial charge on any atom is -0.481 e. The van der Waals surface area contributed by atoms with Crippen molar-refractivity contribution >= 4 is 11.8 Å². The molecule has 4 saturated carbocycles. The first-order valence-electron chi connectivity index (χ1n) is 13.7. The molecule has 3 unspecified atom stereocenters. The summed E-state index contributed by atoms with van der Waals surface area (Å²) in [5.41, 5.74) is -0.0510. The number of aliphatic hydroxyl groups is 1. The lowest BCUT2D eigenvalue weighted by Gasteiger charge is -2.71. The number of hydrogen-bond acceptors (Lipinski definition) is 3. The Morgan fingerprint density at radius 2 is 1.62 bits per heavy atom. The van der Waals surface area contributed by atoms with Crippen LogP contribution in [0.4, 0.5) is 0 Å². The van der Waals surface area contributed by atoms with Gasteiger partial charge in [-0.2, -0.15) is 0 Å². The Hall–Kier alpha value is -1.16. The van der Waals surface area contributed by atoms with Crippen LogP contribution in [-0.4, -0.2) is 28.1 Å². The molecule has 0 aromatic rings. The van der Waals surface area contributed by atoms with E-state index < -0.39 is 17.5 Å². The second kappa shape index (κ2) is 6.99. The van der Waals surface area contributed by atoms with E-state index in [-0.39, 0.29) is 33.0 Å². The highest BCUT2D eigenvalue weighted by atomic mass is 16.4. The Kier molecular flexibility index (Phi) is 5.04. The lowest BCUT2D eigenvalue weighted by atomic mass is 9.33. The number of carboxylic acids is 1. The van der Waals surface area contributed by atoms with Gasteiger partial charge in [-0.3, -0.25) is 9.59 Å². The van der Waals surface area contributed by atoms with Crippen molar-refractivity contribution in [1.82, 2.24) is 0 Å². The van der Waals surface area contributed by atoms with Crippen LogP contribution in [0, 0.1) is 50.2 Å². The molecule has 0 bridgehead atoms. The summed E-state index contributed by atoms with van der Waals surface area (Å²) in [7, 11) is 0. The van der Waals surface area contributed by atoms with Gasteiger partial charge in [0, 0.05) is 11.8 Å². The molecule has 8 atom stereocenters. The molecule has 0 spiro atoms. The summed E-state index contributed by atoms with van der Waals surface area (Å²) in [6.07, 6.45) is 9.08. The number of carbonyl (C=O) groups is 2. The van der Waals surface area contributed by atoms with Crippen LogP contribution >= 0.6 is 0 Å². The number of aliphatic carboxylic acids is 1. The van der Waals surface area contributed by atoms with E-state index in [0.717, 1.165) is 38.5 Å². The molecule has 0 aromatic heterocycles. The molecule has 0 heterocycles. The van der Waals surface area contributed by atoms with Crippen molar-refractivity contribution in [2.24, 2.45) is 50.2 Å². The normalized spacial score (nSPS) is 51.3. The largest absolute Gasteiger partial charge is 0.481 e. The zero-order valence-electron chi connectivity index (χ0n) is 22.5. The summed E-state index contributed by atoms with van der Waals surface area (Å²) in [5, 5.41) is 22.2. The Morgan fingerprint density at radius 1 is 0.941 bits per heavy atom. The average Bonchev–Trinajstić information content (AvgIpc) is 2.71. The quantitative estimate of drug-likeness (QED) is 0.434. The predicted molar refractivity (Wildman–Crippen MR) is 133 cm³/mol. The lowest BCUT2D eigenvalue weighted by molar-refractivity contribution is -0.206. The Bertz CT molecular complexity index is 961. The number of ketones is 1. The third-order valence-electron chi connectivity index (χ3n) is 12.8. The molecule has 0 aliphatic heterocycles. The number of allylic oxidation sites excluding steroid dienone is 2. The van der Waals surface area contributed by atoms with Gasteiger partial charge >= 0.3 is 5.97 Å². The average molecular weight is 471 g/mol. The predicted octanol–water partition coefficient (Wildman–Crippen LogP) is 6.41. The zero-order chi connectivity index (χ0) is 25.1. The van der Waals surface area contributed by atoms with Gasteiger partial charge in [0.05, 0.1) is 6.10 Å². The highest BCUT2D eigenvalue weighted by molar-refractivity contribution is 5.85. The molecule has 4 fully saturated rings. The molecular formula is C30H46O4. The third-order valence-corrected chi connectivity index (χ3v) is 12.8. The van der Waals surface area contributed by atoms with Gasteiger partial charge in [0.15, 0.2) is 0 Å². The Balaban J connectivity index is 1.64. The van der Waals surface area contributed by atoms with E-state index in [0.29, 0.717) is 36.9 Å². The van der Waals surface area contributed by atoms with Crippen molar-refractivity contribution in [3.8, 4) is 0 Å². The standard InChI is InChI=1S/C30H46O4/c1-25(2)14-15-30(24(33)34)19(16-25)18-8-9-21-27(5)12-11-22(31)26(3,4)20(27)10-13-28(21,6)29(18,7)17-23(30)32/h8,19-21,23,32H,9-17H2,1-7H3,(H,33,34)/t19?,20?,21?,23-,27+,28-,29-,30-/m1/s1. The van der Waals surface area contributed by atoms with Crippen LogP contribution in [0.2, 0.25) is 0 Å². The van der Waals surface area contributed by atoms with Gasteiger partial charge in [-0.15, -0.1) is 0 Å². The first-order valence-corrected chi connectivity index (χ1v) is 13.7. The maximum absolute atomic E-state index is 12.9. The van der Waals surface area contributed by atoms with Crippen LogP contribution in [0.1, 0.15) is 106 Å². The van der Waals surface area contributed by atoms with Gasteiger partial charge in [-0.25, -0.2) is 0 Å². The summed E-state index contributed by atoms with van der Waals surface area (Å²) in [6, 6.07) is 0. The summed E-state index contributed by atoms with van der Waals surface area (Å²) in [4.78, 5) is 25.7. The first kappa shape index (κ1) is 24.5. The van der Waals surface area contributed by atoms with E-state index >= 15 is 0 Å². The van der Waals surface area contributed by atoms with Crippen molar-refractivity contribution in [1.29, 1.82) is 0 Å². The minimum absolute atomic E-state index is 0.00790. The van der Waals surface area contributed by atoms with Crippen LogP contribution in [0.25, 0.3) is 0 Å². The van der Waals surface area contributed by atoms with E-state index in [1.165, 1.54) is 5.57 Å². The molecule has 190 valence electrons. The van der Waals surface area contributed by atoms with Crippen molar-refractivity contribution in [2.45, 2.75) is 112 Å². The van der Waals surface area contributed by atoms with Crippen LogP contribution in [-0.2, 0) is 9.59 Å². The fourth-order valence-electron chi connectivity index (χ4n) is 10.5. The monoisotopic (exact) mass is 470 g/mol. The van der Waals surface area contributed by atoms with Crippen molar-refractivity contribution in [3.05, 3.63) is 11.6 Å². The van der Waals surface area contributed by atoms with Gasteiger partial charge in [0.2, 0.25) is 0 Å². The molecule has 5 rings (SSSR count). The van der Waals surface area contributed by atoms with E-state index in [4.69, 9.17) is 0 Å². The number of hydrogen-bond donors (Lipinski definition) is 2. The number of aliphatic hydroxyl groups excluding tert-OH is 1. The van der Waals surface area contributed by atoms with Crippen molar-refractivity contribution in [3.63, 3.8) is 0 Å². The zero-order valence-corrected chi connectivity index (χ0v) is 22.5. The molecule has 0 aromatic carbocycles. The van der Waals surface area contributed by atoms with Gasteiger partial charge in [-0.1, -0.05) is 60.1 Å². The second-order valence-corrected chi connectivity index (χ2v) is 14.9. The van der Waals surface area contributed by atoms with Crippen LogP contribution in [0.15, 0.2) is 11.6 Å². The number of fused-ring (bicyclic) bond motifs is 7. The van der Waals surface area contributed by atoms with Gasteiger partial charge in [-0.05, 0) is 90.8 Å². The summed E-state index contributed by atoms with van der Waals surface area (Å²) in [5.74, 6) is 0.342. The maximum Gasteiger partial charge on any atom is 0.312 e. The number of Topliss-reactive ketones (excluding diaryl/α,β-unsaturated/α-hetero) is 1. The van der Waals surface area contributed by atoms with E-state index in [2.05, 4.69) is 54.5 Å². The van der Waals surface area contributed by atoms with Gasteiger partial charge in [0.25, 0.3) is 0 Å². The van der Waals surface area contributed by atoms with E-state index in [1.807, 2.05) is 0 Å². The molecule has 2 N–H and O–H groups in total. The van der Waals surface area contributed by atoms with Gasteiger partial charge in [0.1, 0.15) is 11.2 Å². The van der Waals surface area contributed by atoms with E-state index in [1.54, 1.807) is 0 Å². The Labute approximate surface area is 206 Å². The van der Waals surface area contributed by atoms with Crippen molar-refractivity contribution in [2.75, 3.05) is 0 Å². The summed E-state index contributed by atoms with van der Waals surface area (Å²) >= 11 is 0. The third kappa shape index (κ3) is 2.75. The molecule has 0 amide bonds. The second-order valence-electron chi connectivity index (χ2n) is 14.9. The maximum atomic E-state index is 12.9. The molecule has 4 nitrogen and oxygen atoms in total. The first-order chi connectivity index (χ1) is 15.6. The minimum atomic E-state index is -1.05. The molecule has 0 saturated heterocycles. The molecule has 5 aliphatic rings. The molecular weight excluding hydrogens is 424 g/mol.